The van der Waals surface area contributed by atoms with E-state index >= 15 is 0 Å². The third-order valence-electron chi connectivity index (χ3n) is 0. The molecule has 1 nitrogen and oxygen atoms in total. The van der Waals surface area contributed by atoms with Crippen LogP contribution in [0, 0.1) is 0 Å². The summed E-state index contributed by atoms with van der Waals surface area (Å²) in [6.45, 7) is 0. The summed E-state index contributed by atoms with van der Waals surface area (Å²) in [7, 11) is 0. The van der Waals surface area contributed by atoms with Crippen LogP contribution in [0.25, 0.3) is 0 Å². The van der Waals surface area contributed by atoms with Gasteiger partial charge in [0, 0.05) is 0 Å². The van der Waals surface area contributed by atoms with Crippen molar-refractivity contribution >= 4 is 0 Å². The van der Waals surface area contributed by atoms with Crippen LogP contribution in [-0.4, -0.2) is 0 Å². The molecule has 0 fully saturated rings. The maximum atomic E-state index is 0. The van der Waals surface area contributed by atoms with Crippen LogP contribution in [0.3, 0.4) is 0 Å². The third-order valence-corrected chi connectivity index (χ3v) is 0. The fourth-order valence-corrected chi connectivity index (χ4v) is 0. The second kappa shape index (κ2) is 31.6. The number of hydrogen-bond donors (Lipinski definition) is 0. The fraction of sp³-hybridized carbons (Fsp3) is 0. The summed E-state index contributed by atoms with van der Waals surface area (Å²) in [5, 5.41) is 0. The third kappa shape index (κ3) is 21.1. The molecule has 5 heavy (non-hydrogen) atoms. The molecule has 0 rings (SSSR count). The minimum absolute atomic E-state index is 0. The van der Waals surface area contributed by atoms with Gasteiger partial charge in [-0.3, -0.25) is 0 Å². The first-order chi connectivity index (χ1) is 0. The van der Waals surface area contributed by atoms with E-state index in [4.69, 9.17) is 0 Å². The zero-order valence-corrected chi connectivity index (χ0v) is 8.48. The monoisotopic (exact) mass is 261 g/mol. The first-order valence-corrected chi connectivity index (χ1v) is 0. The first kappa shape index (κ1) is 51.1. The molecule has 0 bridgehead atoms. The smallest absolute Gasteiger partial charge is 2.00 e. The molecule has 0 heterocycles. The average molecular weight is 261 g/mol. The van der Waals surface area contributed by atoms with Crippen LogP contribution in [0.15, 0.2) is 0 Å². The van der Waals surface area contributed by atoms with Gasteiger partial charge in [0.1, 0.15) is 0 Å². The van der Waals surface area contributed by atoms with E-state index in [0.717, 1.165) is 0 Å². The molecule has 0 saturated heterocycles. The Labute approximate surface area is 83.2 Å². The van der Waals surface area contributed by atoms with Crippen LogP contribution >= 0.6 is 0 Å². The zero-order valence-electron chi connectivity index (χ0n) is 2.17. The van der Waals surface area contributed by atoms with Crippen LogP contribution < -0.4 is 0 Å². The molecule has 0 aromatic rings. The van der Waals surface area contributed by atoms with Gasteiger partial charge in [0.15, 0.2) is 0 Å². The predicted octanol–water partition coefficient (Wildman–Crippen LogP) is -0.129. The summed E-state index contributed by atoms with van der Waals surface area (Å²) >= 11 is 0. The fourth-order valence-electron chi connectivity index (χ4n) is 0. The van der Waals surface area contributed by atoms with Crippen molar-refractivity contribution < 1.29 is 84.3 Å². The Morgan fingerprint density at radius 3 is 0.800 bits per heavy atom. The SMILES string of the molecule is [Cr+3].[Cr+3].[Nb+5].[O-2].[Ti+4]. The van der Waals surface area contributed by atoms with Crippen molar-refractivity contribution in [3.63, 3.8) is 0 Å². The summed E-state index contributed by atoms with van der Waals surface area (Å²) in [6, 6.07) is 0. The van der Waals surface area contributed by atoms with Crippen molar-refractivity contribution in [1.29, 1.82) is 0 Å². The minimum atomic E-state index is 0. The van der Waals surface area contributed by atoms with E-state index in [1.165, 1.54) is 0 Å². The van der Waals surface area contributed by atoms with Crippen molar-refractivity contribution in [1.82, 2.24) is 0 Å². The van der Waals surface area contributed by atoms with Gasteiger partial charge in [-0.15, -0.1) is 0 Å². The zero-order chi connectivity index (χ0) is 0. The molecule has 0 aromatic carbocycles. The molecule has 0 aromatic heterocycles. The number of hydrogen-bond acceptors (Lipinski definition) is 0. The quantitative estimate of drug-likeness (QED) is 0.543. The standard InChI is InChI=1S/2Cr.Nb.O.Ti/q2*+3;+5;-2;+4. The topological polar surface area (TPSA) is 28.5 Å². The maximum Gasteiger partial charge on any atom is 5.00 e. The van der Waals surface area contributed by atoms with Gasteiger partial charge in [0.25, 0.3) is 0 Å². The molecule has 0 amide bonds. The van der Waals surface area contributed by atoms with Crippen LogP contribution in [0.2, 0.25) is 0 Å². The molecule has 2 radical (unpaired) electrons. The van der Waals surface area contributed by atoms with Gasteiger partial charge >= 0.3 is 78.8 Å². The van der Waals surface area contributed by atoms with Crippen molar-refractivity contribution in [3.05, 3.63) is 0 Å². The summed E-state index contributed by atoms with van der Waals surface area (Å²) in [5.74, 6) is 0. The van der Waals surface area contributed by atoms with Gasteiger partial charge in [-0.05, 0) is 0 Å². The molecule has 0 aliphatic heterocycles. The Bertz CT molecular complexity index is 9.61. The molecular formula is Cr2NbOTi+13. The van der Waals surface area contributed by atoms with E-state index in [-0.39, 0.29) is 84.3 Å². The van der Waals surface area contributed by atoms with Gasteiger partial charge in [0.05, 0.1) is 0 Å². The van der Waals surface area contributed by atoms with Gasteiger partial charge in [0.2, 0.25) is 0 Å². The van der Waals surface area contributed by atoms with Crippen LogP contribution in [-0.2, 0) is 84.3 Å². The van der Waals surface area contributed by atoms with Gasteiger partial charge in [-0.25, -0.2) is 0 Å². The van der Waals surface area contributed by atoms with E-state index in [2.05, 4.69) is 0 Å². The Hall–Kier alpha value is 2.48. The second-order valence-corrected chi connectivity index (χ2v) is 0. The molecule has 0 saturated carbocycles. The Morgan fingerprint density at radius 1 is 0.800 bits per heavy atom. The van der Waals surface area contributed by atoms with Crippen molar-refractivity contribution in [2.24, 2.45) is 0 Å². The molecule has 5 heteroatoms. The number of rotatable bonds is 0. The van der Waals surface area contributed by atoms with Crippen molar-refractivity contribution in [3.8, 4) is 0 Å². The van der Waals surface area contributed by atoms with Crippen molar-refractivity contribution in [2.45, 2.75) is 0 Å². The Kier molecular flexibility index (Phi) is 323. The summed E-state index contributed by atoms with van der Waals surface area (Å²) in [4.78, 5) is 0. The molecule has 0 aliphatic carbocycles. The predicted molar refractivity (Wildman–Crippen MR) is 0.686 cm³/mol. The van der Waals surface area contributed by atoms with Gasteiger partial charge < -0.3 is 5.48 Å². The van der Waals surface area contributed by atoms with E-state index < -0.39 is 0 Å². The van der Waals surface area contributed by atoms with Gasteiger partial charge in [-0.2, -0.15) is 0 Å². The molecule has 0 aliphatic rings. The van der Waals surface area contributed by atoms with Gasteiger partial charge in [-0.1, -0.05) is 0 Å². The van der Waals surface area contributed by atoms with E-state index in [9.17, 15) is 0 Å². The first-order valence-electron chi connectivity index (χ1n) is 0. The van der Waals surface area contributed by atoms with Crippen LogP contribution in [0.4, 0.5) is 0 Å². The second-order valence-electron chi connectivity index (χ2n) is 0. The van der Waals surface area contributed by atoms with E-state index in [1.54, 1.807) is 0 Å². The summed E-state index contributed by atoms with van der Waals surface area (Å²) in [5.41, 5.74) is 0. The van der Waals surface area contributed by atoms with E-state index in [1.807, 2.05) is 0 Å². The minimum Gasteiger partial charge on any atom is -2.00 e. The molecule has 0 atom stereocenters. The molecule has 0 spiro atoms. The van der Waals surface area contributed by atoms with E-state index in [0.29, 0.717) is 0 Å². The van der Waals surface area contributed by atoms with Crippen LogP contribution in [0.1, 0.15) is 0 Å². The van der Waals surface area contributed by atoms with Crippen LogP contribution in [0.5, 0.6) is 0 Å². The Balaban J connectivity index is 0. The molecule has 14 valence electrons. The molecule has 0 unspecified atom stereocenters. The molecular weight excluding hydrogens is 261 g/mol. The molecule has 0 N–H and O–H groups in total. The largest absolute Gasteiger partial charge is 5.00 e. The maximum absolute atomic E-state index is 0. The van der Waals surface area contributed by atoms with Crippen molar-refractivity contribution in [2.75, 3.05) is 0 Å². The average Bonchev–Trinajstić information content (AvgIpc) is 0. The summed E-state index contributed by atoms with van der Waals surface area (Å²) in [6.07, 6.45) is 0. The normalized spacial score (nSPS) is 0. The Morgan fingerprint density at radius 2 is 0.800 bits per heavy atom. The summed E-state index contributed by atoms with van der Waals surface area (Å²) < 4.78 is 0.